The molecule has 0 bridgehead atoms. The molecule has 0 fully saturated rings. The fourth-order valence-corrected chi connectivity index (χ4v) is 2.59. The molecule has 0 amide bonds. The standard InChI is InChI=1S/C6H6O6S2.ClH.La.8H2O/c7-13(8,9)5-3-1-2-4-6(5)14(10,11)12;;;;;;;;;;/h1-4H,(H,7,8,9)(H,10,11,12);1H;;8*1H2/q;;+3;;;;;;;;/p+4. The molecular weight excluding hydrogens is 535 g/mol. The summed E-state index contributed by atoms with van der Waals surface area (Å²) in [5.41, 5.74) is 0. The fraction of sp³-hybridized carbons (Fsp3) is 0. The minimum atomic E-state index is -4.95. The summed E-state index contributed by atoms with van der Waals surface area (Å²) in [5.74, 6) is 0. The topological polar surface area (TPSA) is 377 Å². The number of halogens is 1. The van der Waals surface area contributed by atoms with Gasteiger partial charge in [-0.15, -0.1) is 0 Å². The fourth-order valence-electron chi connectivity index (χ4n) is 0.863. The Balaban J connectivity index is -0.0000000245. The van der Waals surface area contributed by atoms with Gasteiger partial charge in [0.1, 0.15) is 20.2 Å². The van der Waals surface area contributed by atoms with Crippen LogP contribution in [0.5, 0.6) is 0 Å². The van der Waals surface area contributed by atoms with Crippen LogP contribution in [0.1, 0.15) is 0 Å². The zero-order chi connectivity index (χ0) is 11.0. The minimum Gasteiger partial charge on any atom is -1.00 e. The minimum absolute atomic E-state index is 0. The second-order valence-electron chi connectivity index (χ2n) is 2.35. The van der Waals surface area contributed by atoms with Gasteiger partial charge in [0, 0.05) is 0 Å². The zero-order valence-corrected chi connectivity index (χ0v) is 18.1. The summed E-state index contributed by atoms with van der Waals surface area (Å²) in [4.78, 5) is -2.04. The van der Waals surface area contributed by atoms with Crippen LogP contribution >= 0.6 is 0 Å². The smallest absolute Gasteiger partial charge is 1.00 e. The third-order valence-electron chi connectivity index (χ3n) is 1.39. The van der Waals surface area contributed by atoms with Crippen molar-refractivity contribution in [3.63, 3.8) is 0 Å². The first-order chi connectivity index (χ1) is 6.23. The van der Waals surface area contributed by atoms with Crippen molar-refractivity contribution in [2.45, 2.75) is 9.79 Å². The molecule has 150 valence electrons. The Hall–Kier alpha value is 0.205. The molecule has 0 radical (unpaired) electrons. The maximum absolute atomic E-state index is 10.5. The van der Waals surface area contributed by atoms with Crippen LogP contribution in [0.2, 0.25) is 0 Å². The molecule has 0 saturated carbocycles. The van der Waals surface area contributed by atoms with Gasteiger partial charge in [-0.05, 0) is 12.1 Å². The van der Waals surface area contributed by atoms with E-state index in [-0.39, 0.29) is 91.8 Å². The Morgan fingerprint density at radius 2 is 0.792 bits per heavy atom. The number of benzene rings is 1. The average molecular weight is 562 g/mol. The molecule has 0 saturated heterocycles. The molecule has 0 atom stereocenters. The molecule has 24 heavy (non-hydrogen) atoms. The first kappa shape index (κ1) is 64.6. The van der Waals surface area contributed by atoms with E-state index in [2.05, 4.69) is 0 Å². The van der Waals surface area contributed by atoms with E-state index in [4.69, 9.17) is 0 Å². The van der Waals surface area contributed by atoms with Gasteiger partial charge in [-0.3, -0.25) is 0 Å². The first-order valence-electron chi connectivity index (χ1n) is 3.24. The normalized spacial score (nSPS) is 7.42. The molecule has 1 rings (SSSR count). The second kappa shape index (κ2) is 23.2. The van der Waals surface area contributed by atoms with Crippen LogP contribution in [0.15, 0.2) is 34.1 Å². The van der Waals surface area contributed by atoms with Gasteiger partial charge in [-0.1, -0.05) is 12.1 Å². The molecule has 0 heterocycles. The molecule has 0 aliphatic heterocycles. The van der Waals surface area contributed by atoms with Crippen molar-refractivity contribution in [3.05, 3.63) is 24.3 Å². The van der Waals surface area contributed by atoms with Crippen molar-refractivity contribution in [2.24, 2.45) is 0 Å². The molecule has 1 aromatic carbocycles. The van der Waals surface area contributed by atoms with Gasteiger partial charge in [0.2, 0.25) is 0 Å². The summed E-state index contributed by atoms with van der Waals surface area (Å²) in [6.45, 7) is 0. The summed E-state index contributed by atoms with van der Waals surface area (Å²) in [7, 11) is -9.89. The van der Waals surface area contributed by atoms with E-state index in [1.165, 1.54) is 0 Å². The van der Waals surface area contributed by atoms with Crippen molar-refractivity contribution in [1.29, 1.82) is 0 Å². The predicted molar refractivity (Wildman–Crippen MR) is 80.1 cm³/mol. The molecule has 14 nitrogen and oxygen atoms in total. The van der Waals surface area contributed by atoms with E-state index in [9.17, 15) is 25.9 Å². The van der Waals surface area contributed by atoms with Gasteiger partial charge >= 0.3 is 35.6 Å². The largest absolute Gasteiger partial charge is 3.00 e. The van der Waals surface area contributed by atoms with Crippen LogP contribution in [-0.4, -0.2) is 31.4 Å². The third kappa shape index (κ3) is 18.5. The van der Waals surface area contributed by atoms with Gasteiger partial charge < -0.3 is 65.3 Å². The quantitative estimate of drug-likeness (QED) is 0.249. The maximum Gasteiger partial charge on any atom is 3.00 e. The second-order valence-corrected chi connectivity index (χ2v) is 5.05. The summed E-state index contributed by atoms with van der Waals surface area (Å²) >= 11 is 0. The van der Waals surface area contributed by atoms with Crippen LogP contribution in [0.25, 0.3) is 0 Å². The van der Waals surface area contributed by atoms with Crippen LogP contribution < -0.4 is 12.4 Å². The zero-order valence-electron chi connectivity index (χ0n) is 12.1. The van der Waals surface area contributed by atoms with E-state index in [0.717, 1.165) is 24.3 Å². The van der Waals surface area contributed by atoms with Crippen LogP contribution in [0.4, 0.5) is 0 Å². The predicted octanol–water partition coefficient (Wildman–Crippen LogP) is -10.8. The molecule has 1 aromatic rings. The Kier molecular flexibility index (Phi) is 62.5. The van der Waals surface area contributed by atoms with Crippen molar-refractivity contribution in [3.8, 4) is 0 Å². The summed E-state index contributed by atoms with van der Waals surface area (Å²) < 4.78 is 63.2. The van der Waals surface area contributed by atoms with Crippen molar-refractivity contribution < 1.29 is 118 Å². The number of hydrogen-bond acceptors (Lipinski definition) is 6. The molecular formula is C6H27ClLaO14S2+7. The number of rotatable bonds is 2. The Labute approximate surface area is 171 Å². The van der Waals surface area contributed by atoms with Crippen molar-refractivity contribution >= 4 is 20.2 Å². The first-order valence-corrected chi connectivity index (χ1v) is 6.05. The van der Waals surface area contributed by atoms with Crippen LogP contribution in [0.3, 0.4) is 0 Å². The molecule has 0 aromatic heterocycles. The van der Waals surface area contributed by atoms with Gasteiger partial charge in [-0.25, -0.2) is 16.8 Å². The molecule has 0 aliphatic rings. The number of hydrogen-bond donors (Lipinski definition) is 0. The SMILES string of the molecule is O.O=S(=O)([O-])c1ccccc1S(=O)(=O)[O-].[Cl-].[La+3].[OH3+].[OH3+].[OH3+].[OH3+].[OH3+].[OH3+].[OH3+]. The summed E-state index contributed by atoms with van der Waals surface area (Å²) in [6.07, 6.45) is 0. The Morgan fingerprint density at radius 3 is 0.917 bits per heavy atom. The molecule has 0 unspecified atom stereocenters. The Morgan fingerprint density at radius 1 is 0.625 bits per heavy atom. The molecule has 0 aliphatic carbocycles. The molecule has 23 N–H and O–H groups in total. The van der Waals surface area contributed by atoms with E-state index in [1.54, 1.807) is 0 Å². The maximum atomic E-state index is 10.5. The van der Waals surface area contributed by atoms with E-state index in [0.29, 0.717) is 0 Å². The van der Waals surface area contributed by atoms with Crippen molar-refractivity contribution in [1.82, 2.24) is 0 Å². The van der Waals surface area contributed by atoms with Crippen molar-refractivity contribution in [2.75, 3.05) is 0 Å². The van der Waals surface area contributed by atoms with Gasteiger partial charge in [0.25, 0.3) is 0 Å². The van der Waals surface area contributed by atoms with Gasteiger partial charge in [0.05, 0.1) is 9.79 Å². The van der Waals surface area contributed by atoms with Gasteiger partial charge in [-0.2, -0.15) is 0 Å². The monoisotopic (exact) mass is 561 g/mol. The van der Waals surface area contributed by atoms with E-state index < -0.39 is 30.0 Å². The Bertz CT molecular complexity index is 509. The molecule has 0 spiro atoms. The van der Waals surface area contributed by atoms with E-state index >= 15 is 0 Å². The third-order valence-corrected chi connectivity index (χ3v) is 3.31. The van der Waals surface area contributed by atoms with Gasteiger partial charge in [0.15, 0.2) is 0 Å². The van der Waals surface area contributed by atoms with Crippen LogP contribution in [0, 0.1) is 35.6 Å². The van der Waals surface area contributed by atoms with Crippen LogP contribution in [-0.2, 0) is 58.6 Å². The summed E-state index contributed by atoms with van der Waals surface area (Å²) in [6, 6.07) is 3.85. The summed E-state index contributed by atoms with van der Waals surface area (Å²) in [5, 5.41) is 0. The molecule has 18 heteroatoms. The average Bonchev–Trinajstić information content (AvgIpc) is 2.01. The van der Waals surface area contributed by atoms with E-state index in [1.807, 2.05) is 0 Å².